The fourth-order valence-electron chi connectivity index (χ4n) is 2.44. The van der Waals surface area contributed by atoms with Crippen molar-refractivity contribution in [3.05, 3.63) is 36.3 Å². The summed E-state index contributed by atoms with van der Waals surface area (Å²) in [5.41, 5.74) is 1.96. The van der Waals surface area contributed by atoms with Gasteiger partial charge in [-0.3, -0.25) is 4.79 Å². The quantitative estimate of drug-likeness (QED) is 0.892. The van der Waals surface area contributed by atoms with Gasteiger partial charge in [0, 0.05) is 31.9 Å². The molecule has 0 radical (unpaired) electrons. The largest absolute Gasteiger partial charge is 0.355 e. The van der Waals surface area contributed by atoms with Gasteiger partial charge in [0.25, 0.3) is 0 Å². The van der Waals surface area contributed by atoms with Crippen LogP contribution in [0.4, 0.5) is 0 Å². The molecule has 1 amide bonds. The molecular weight excluding hydrogens is 311 g/mol. The van der Waals surface area contributed by atoms with Crippen LogP contribution >= 0.6 is 24.8 Å². The molecule has 2 aromatic heterocycles. The smallest absolute Gasteiger partial charge is 0.224 e. The Labute approximate surface area is 136 Å². The zero-order valence-electron chi connectivity index (χ0n) is 11.6. The van der Waals surface area contributed by atoms with Crippen LogP contribution in [-0.4, -0.2) is 34.9 Å². The Kier molecular flexibility index (Phi) is 6.95. The van der Waals surface area contributed by atoms with Gasteiger partial charge in [0.05, 0.1) is 11.6 Å². The maximum atomic E-state index is 11.8. The van der Waals surface area contributed by atoms with Gasteiger partial charge in [-0.2, -0.15) is 0 Å². The van der Waals surface area contributed by atoms with Crippen LogP contribution in [0.3, 0.4) is 0 Å². The summed E-state index contributed by atoms with van der Waals surface area (Å²) in [6.45, 7) is 2.41. The van der Waals surface area contributed by atoms with Gasteiger partial charge >= 0.3 is 0 Å². The second-order valence-corrected chi connectivity index (χ2v) is 4.93. The third kappa shape index (κ3) is 4.33. The Hall–Kier alpha value is -1.30. The van der Waals surface area contributed by atoms with Crippen LogP contribution in [-0.2, 0) is 11.2 Å². The molecule has 116 valence electrons. The highest BCUT2D eigenvalue weighted by molar-refractivity contribution is 5.85. The third-order valence-corrected chi connectivity index (χ3v) is 3.53. The number of carbonyl (C=O) groups excluding carboxylic acids is 1. The van der Waals surface area contributed by atoms with Crippen LogP contribution in [0.2, 0.25) is 0 Å². The Morgan fingerprint density at radius 3 is 3.00 bits per heavy atom. The van der Waals surface area contributed by atoms with Gasteiger partial charge in [0.1, 0.15) is 5.65 Å². The second kappa shape index (κ2) is 8.22. The van der Waals surface area contributed by atoms with Crippen molar-refractivity contribution < 1.29 is 4.79 Å². The van der Waals surface area contributed by atoms with Gasteiger partial charge in [0.15, 0.2) is 0 Å². The highest BCUT2D eigenvalue weighted by Gasteiger charge is 2.21. The zero-order chi connectivity index (χ0) is 13.1. The van der Waals surface area contributed by atoms with Crippen LogP contribution in [0.1, 0.15) is 12.1 Å². The van der Waals surface area contributed by atoms with Crippen molar-refractivity contribution in [2.45, 2.75) is 12.8 Å². The van der Waals surface area contributed by atoms with Crippen LogP contribution in [0.25, 0.3) is 5.65 Å². The van der Waals surface area contributed by atoms with E-state index in [1.807, 2.05) is 35.0 Å². The molecule has 7 heteroatoms. The molecule has 0 bridgehead atoms. The number of carbonyl (C=O) groups is 1. The van der Waals surface area contributed by atoms with E-state index in [9.17, 15) is 4.79 Å². The molecular formula is C14H20Cl2N4O. The standard InChI is InChI=1S/C14H18N4O.2ClH/c19-14(11-4-6-15-9-11)16-7-5-12-10-18-8-2-1-3-13(18)17-12;;/h1-3,8,10-11,15H,4-7,9H2,(H,16,19);2*1H. The fraction of sp³-hybridized carbons (Fsp3) is 0.429. The molecule has 0 spiro atoms. The molecule has 1 saturated heterocycles. The molecule has 0 aromatic carbocycles. The van der Waals surface area contributed by atoms with Crippen LogP contribution in [0, 0.1) is 5.92 Å². The highest BCUT2D eigenvalue weighted by atomic mass is 35.5. The second-order valence-electron chi connectivity index (χ2n) is 4.93. The normalized spacial score (nSPS) is 17.0. The Morgan fingerprint density at radius 1 is 1.43 bits per heavy atom. The fourth-order valence-corrected chi connectivity index (χ4v) is 2.44. The van der Waals surface area contributed by atoms with Crippen molar-refractivity contribution in [1.82, 2.24) is 20.0 Å². The van der Waals surface area contributed by atoms with Crippen molar-refractivity contribution >= 4 is 36.4 Å². The molecule has 0 saturated carbocycles. The maximum Gasteiger partial charge on any atom is 0.224 e. The number of fused-ring (bicyclic) bond motifs is 1. The number of nitrogens with one attached hydrogen (secondary N) is 2. The van der Waals surface area contributed by atoms with Gasteiger partial charge in [-0.05, 0) is 25.1 Å². The van der Waals surface area contributed by atoms with Gasteiger partial charge in [-0.1, -0.05) is 6.07 Å². The molecule has 2 aromatic rings. The lowest BCUT2D eigenvalue weighted by atomic mass is 10.1. The minimum absolute atomic E-state index is 0. The molecule has 1 fully saturated rings. The molecule has 1 aliphatic rings. The van der Waals surface area contributed by atoms with Crippen molar-refractivity contribution in [3.63, 3.8) is 0 Å². The Balaban J connectivity index is 0.00000110. The van der Waals surface area contributed by atoms with E-state index in [0.717, 1.165) is 37.3 Å². The number of amides is 1. The average molecular weight is 331 g/mol. The summed E-state index contributed by atoms with van der Waals surface area (Å²) < 4.78 is 2.00. The van der Waals surface area contributed by atoms with E-state index in [1.54, 1.807) is 0 Å². The van der Waals surface area contributed by atoms with E-state index in [1.165, 1.54) is 0 Å². The van der Waals surface area contributed by atoms with E-state index in [0.29, 0.717) is 6.54 Å². The van der Waals surface area contributed by atoms with Crippen molar-refractivity contribution in [2.75, 3.05) is 19.6 Å². The van der Waals surface area contributed by atoms with Crippen molar-refractivity contribution in [3.8, 4) is 0 Å². The maximum absolute atomic E-state index is 11.8. The molecule has 1 aliphatic heterocycles. The number of imidazole rings is 1. The SMILES string of the molecule is Cl.Cl.O=C(NCCc1cn2ccccc2n1)C1CCNC1. The lowest BCUT2D eigenvalue weighted by Gasteiger charge is -2.08. The molecule has 21 heavy (non-hydrogen) atoms. The lowest BCUT2D eigenvalue weighted by Crippen LogP contribution is -2.33. The number of aromatic nitrogens is 2. The number of pyridine rings is 1. The predicted molar refractivity (Wildman–Crippen MR) is 87.4 cm³/mol. The van der Waals surface area contributed by atoms with Crippen molar-refractivity contribution in [1.29, 1.82) is 0 Å². The minimum atomic E-state index is 0. The molecule has 3 heterocycles. The van der Waals surface area contributed by atoms with E-state index in [-0.39, 0.29) is 36.6 Å². The zero-order valence-corrected chi connectivity index (χ0v) is 13.3. The van der Waals surface area contributed by atoms with E-state index in [4.69, 9.17) is 0 Å². The number of nitrogens with zero attached hydrogens (tertiary/aromatic N) is 2. The highest BCUT2D eigenvalue weighted by Crippen LogP contribution is 2.07. The van der Waals surface area contributed by atoms with Gasteiger partial charge < -0.3 is 15.0 Å². The number of hydrogen-bond acceptors (Lipinski definition) is 3. The molecule has 0 aliphatic carbocycles. The summed E-state index contributed by atoms with van der Waals surface area (Å²) in [5.74, 6) is 0.301. The molecule has 5 nitrogen and oxygen atoms in total. The summed E-state index contributed by atoms with van der Waals surface area (Å²) in [4.78, 5) is 16.3. The molecule has 3 rings (SSSR count). The van der Waals surface area contributed by atoms with Gasteiger partial charge in [-0.15, -0.1) is 24.8 Å². The first-order chi connectivity index (χ1) is 9.33. The molecule has 1 atom stereocenters. The monoisotopic (exact) mass is 330 g/mol. The van der Waals surface area contributed by atoms with Crippen LogP contribution in [0.15, 0.2) is 30.6 Å². The summed E-state index contributed by atoms with van der Waals surface area (Å²) in [6.07, 6.45) is 5.71. The Morgan fingerprint density at radius 2 is 2.29 bits per heavy atom. The first-order valence-corrected chi connectivity index (χ1v) is 6.74. The third-order valence-electron chi connectivity index (χ3n) is 3.53. The number of halogens is 2. The molecule has 1 unspecified atom stereocenters. The van der Waals surface area contributed by atoms with Gasteiger partial charge in [0.2, 0.25) is 5.91 Å². The first-order valence-electron chi connectivity index (χ1n) is 6.74. The van der Waals surface area contributed by atoms with Crippen molar-refractivity contribution in [2.24, 2.45) is 5.92 Å². The Bertz CT molecular complexity index is 548. The number of hydrogen-bond donors (Lipinski definition) is 2. The van der Waals surface area contributed by atoms with E-state index in [2.05, 4.69) is 15.6 Å². The van der Waals surface area contributed by atoms with Crippen LogP contribution in [0.5, 0.6) is 0 Å². The molecule has 2 N–H and O–H groups in total. The van der Waals surface area contributed by atoms with E-state index < -0.39 is 0 Å². The topological polar surface area (TPSA) is 58.4 Å². The summed E-state index contributed by atoms with van der Waals surface area (Å²) in [5, 5.41) is 6.19. The summed E-state index contributed by atoms with van der Waals surface area (Å²) in [6, 6.07) is 5.93. The van der Waals surface area contributed by atoms with Crippen LogP contribution < -0.4 is 10.6 Å². The first kappa shape index (κ1) is 17.8. The van der Waals surface area contributed by atoms with E-state index >= 15 is 0 Å². The number of rotatable bonds is 4. The summed E-state index contributed by atoms with van der Waals surface area (Å²) >= 11 is 0. The summed E-state index contributed by atoms with van der Waals surface area (Å²) in [7, 11) is 0. The van der Waals surface area contributed by atoms with Gasteiger partial charge in [-0.25, -0.2) is 4.98 Å². The predicted octanol–water partition coefficient (Wildman–Crippen LogP) is 1.45. The minimum Gasteiger partial charge on any atom is -0.355 e. The average Bonchev–Trinajstić information content (AvgIpc) is 3.07. The lowest BCUT2D eigenvalue weighted by molar-refractivity contribution is -0.124.